The lowest BCUT2D eigenvalue weighted by molar-refractivity contribution is 0.0529. The van der Waals surface area contributed by atoms with Gasteiger partial charge >= 0.3 is 0 Å². The molecule has 9 heavy (non-hydrogen) atoms. The second-order valence-corrected chi connectivity index (χ2v) is 3.45. The van der Waals surface area contributed by atoms with Crippen LogP contribution in [0.1, 0.15) is 27.2 Å². The van der Waals surface area contributed by atoms with Crippen molar-refractivity contribution >= 4 is 0 Å². The van der Waals surface area contributed by atoms with Gasteiger partial charge in [-0.1, -0.05) is 20.8 Å². The third-order valence-corrected chi connectivity index (χ3v) is 2.57. The summed E-state index contributed by atoms with van der Waals surface area (Å²) >= 11 is 0. The second kappa shape index (κ2) is 1.47. The summed E-state index contributed by atoms with van der Waals surface area (Å²) in [6.45, 7) is 5.35. The molecule has 1 rings (SSSR count). The van der Waals surface area contributed by atoms with E-state index in [2.05, 4.69) is 0 Å². The molecule has 1 atom stereocenters. The standard InChI is InChI=1S/C7H12F2/c1-5(2)6(3)4-7(6,8)9/h5H,4H2,1-3H3. The SMILES string of the molecule is CC(C)C1(C)CC1(F)F. The van der Waals surface area contributed by atoms with E-state index in [-0.39, 0.29) is 12.3 Å². The fourth-order valence-electron chi connectivity index (χ4n) is 1.04. The summed E-state index contributed by atoms with van der Waals surface area (Å²) in [4.78, 5) is 0. The Morgan fingerprint density at radius 1 is 1.33 bits per heavy atom. The molecule has 0 amide bonds. The number of alkyl halides is 2. The zero-order valence-corrected chi connectivity index (χ0v) is 6.04. The van der Waals surface area contributed by atoms with Crippen molar-refractivity contribution < 1.29 is 8.78 Å². The third-order valence-electron chi connectivity index (χ3n) is 2.57. The molecule has 1 saturated carbocycles. The van der Waals surface area contributed by atoms with Gasteiger partial charge in [0.2, 0.25) is 0 Å². The van der Waals surface area contributed by atoms with Gasteiger partial charge in [0.25, 0.3) is 5.92 Å². The summed E-state index contributed by atoms with van der Waals surface area (Å²) in [6, 6.07) is 0. The Bertz CT molecular complexity index is 129. The van der Waals surface area contributed by atoms with E-state index in [4.69, 9.17) is 0 Å². The first-order chi connectivity index (χ1) is 3.90. The van der Waals surface area contributed by atoms with Gasteiger partial charge in [0, 0.05) is 11.8 Å². The van der Waals surface area contributed by atoms with Crippen molar-refractivity contribution in [1.29, 1.82) is 0 Å². The average Bonchev–Trinajstić information content (AvgIpc) is 2.08. The molecule has 54 valence electrons. The molecule has 2 heteroatoms. The first-order valence-electron chi connectivity index (χ1n) is 3.28. The van der Waals surface area contributed by atoms with Crippen molar-refractivity contribution in [2.45, 2.75) is 33.1 Å². The molecule has 1 aliphatic carbocycles. The van der Waals surface area contributed by atoms with E-state index in [0.717, 1.165) is 0 Å². The van der Waals surface area contributed by atoms with E-state index < -0.39 is 11.3 Å². The normalized spacial score (nSPS) is 39.3. The summed E-state index contributed by atoms with van der Waals surface area (Å²) in [5.41, 5.74) is -0.688. The molecule has 0 aromatic heterocycles. The van der Waals surface area contributed by atoms with Crippen molar-refractivity contribution in [3.63, 3.8) is 0 Å². The zero-order chi connectivity index (χ0) is 7.28. The van der Waals surface area contributed by atoms with Crippen LogP contribution in [0.4, 0.5) is 8.78 Å². The van der Waals surface area contributed by atoms with Gasteiger partial charge in [-0.05, 0) is 5.92 Å². The Balaban J connectivity index is 2.63. The van der Waals surface area contributed by atoms with Crippen LogP contribution in [0, 0.1) is 11.3 Å². The maximum absolute atomic E-state index is 12.4. The minimum Gasteiger partial charge on any atom is -0.206 e. The van der Waals surface area contributed by atoms with Crippen molar-refractivity contribution in [3.05, 3.63) is 0 Å². The van der Waals surface area contributed by atoms with Crippen LogP contribution in [0.5, 0.6) is 0 Å². The Kier molecular flexibility index (Phi) is 1.14. The molecule has 0 nitrogen and oxygen atoms in total. The average molecular weight is 134 g/mol. The maximum atomic E-state index is 12.4. The molecule has 0 aromatic carbocycles. The molecular weight excluding hydrogens is 122 g/mol. The highest BCUT2D eigenvalue weighted by Crippen LogP contribution is 2.64. The maximum Gasteiger partial charge on any atom is 0.254 e. The van der Waals surface area contributed by atoms with E-state index in [1.165, 1.54) is 0 Å². The van der Waals surface area contributed by atoms with E-state index in [0.29, 0.717) is 0 Å². The second-order valence-electron chi connectivity index (χ2n) is 3.45. The lowest BCUT2D eigenvalue weighted by atomic mass is 9.94. The first kappa shape index (κ1) is 6.97. The van der Waals surface area contributed by atoms with Crippen molar-refractivity contribution in [2.24, 2.45) is 11.3 Å². The fraction of sp³-hybridized carbons (Fsp3) is 1.00. The summed E-state index contributed by atoms with van der Waals surface area (Å²) in [5.74, 6) is -2.27. The molecular formula is C7H12F2. The van der Waals surface area contributed by atoms with Crippen LogP contribution in [0.15, 0.2) is 0 Å². The summed E-state index contributed by atoms with van der Waals surface area (Å²) in [6.07, 6.45) is 0.0810. The van der Waals surface area contributed by atoms with Crippen LogP contribution in [-0.4, -0.2) is 5.92 Å². The molecule has 0 heterocycles. The van der Waals surface area contributed by atoms with Gasteiger partial charge in [0.15, 0.2) is 0 Å². The fourth-order valence-corrected chi connectivity index (χ4v) is 1.04. The molecule has 1 aliphatic rings. The van der Waals surface area contributed by atoms with E-state index in [1.807, 2.05) is 13.8 Å². The minimum absolute atomic E-state index is 0.0810. The van der Waals surface area contributed by atoms with Crippen LogP contribution in [0.25, 0.3) is 0 Å². The lowest BCUT2D eigenvalue weighted by Gasteiger charge is -2.13. The highest BCUT2D eigenvalue weighted by molar-refractivity contribution is 5.08. The number of hydrogen-bond acceptors (Lipinski definition) is 0. The van der Waals surface area contributed by atoms with Gasteiger partial charge in [0.05, 0.1) is 0 Å². The smallest absolute Gasteiger partial charge is 0.206 e. The molecule has 0 radical (unpaired) electrons. The topological polar surface area (TPSA) is 0 Å². The molecule has 0 aliphatic heterocycles. The van der Waals surface area contributed by atoms with Crippen molar-refractivity contribution in [2.75, 3.05) is 0 Å². The minimum atomic E-state index is -2.37. The lowest BCUT2D eigenvalue weighted by Crippen LogP contribution is -2.13. The molecule has 1 fully saturated rings. The third kappa shape index (κ3) is 0.759. The number of rotatable bonds is 1. The summed E-state index contributed by atoms with van der Waals surface area (Å²) in [7, 11) is 0. The van der Waals surface area contributed by atoms with E-state index in [1.54, 1.807) is 6.92 Å². The molecule has 0 bridgehead atoms. The van der Waals surface area contributed by atoms with E-state index in [9.17, 15) is 8.78 Å². The van der Waals surface area contributed by atoms with E-state index >= 15 is 0 Å². The molecule has 0 spiro atoms. The number of halogens is 2. The first-order valence-corrected chi connectivity index (χ1v) is 3.28. The highest BCUT2D eigenvalue weighted by Gasteiger charge is 2.68. The Morgan fingerprint density at radius 2 is 1.67 bits per heavy atom. The summed E-state index contributed by atoms with van der Waals surface area (Å²) < 4.78 is 24.9. The molecule has 0 N–H and O–H groups in total. The van der Waals surface area contributed by atoms with Gasteiger partial charge in [-0.25, -0.2) is 8.78 Å². The van der Waals surface area contributed by atoms with Crippen LogP contribution >= 0.6 is 0 Å². The highest BCUT2D eigenvalue weighted by atomic mass is 19.3. The van der Waals surface area contributed by atoms with Gasteiger partial charge in [-0.3, -0.25) is 0 Å². The molecule has 1 unspecified atom stereocenters. The van der Waals surface area contributed by atoms with Crippen LogP contribution in [0.2, 0.25) is 0 Å². The van der Waals surface area contributed by atoms with Gasteiger partial charge in [-0.15, -0.1) is 0 Å². The van der Waals surface area contributed by atoms with Crippen molar-refractivity contribution in [1.82, 2.24) is 0 Å². The molecule has 0 aromatic rings. The molecule has 0 saturated heterocycles. The zero-order valence-electron chi connectivity index (χ0n) is 6.04. The van der Waals surface area contributed by atoms with Gasteiger partial charge < -0.3 is 0 Å². The van der Waals surface area contributed by atoms with Crippen LogP contribution in [0.3, 0.4) is 0 Å². The van der Waals surface area contributed by atoms with Crippen LogP contribution < -0.4 is 0 Å². The predicted octanol–water partition coefficient (Wildman–Crippen LogP) is 2.69. The number of hydrogen-bond donors (Lipinski definition) is 0. The largest absolute Gasteiger partial charge is 0.254 e. The van der Waals surface area contributed by atoms with Gasteiger partial charge in [0.1, 0.15) is 0 Å². The quantitative estimate of drug-likeness (QED) is 0.517. The Hall–Kier alpha value is -0.140. The monoisotopic (exact) mass is 134 g/mol. The van der Waals surface area contributed by atoms with Gasteiger partial charge in [-0.2, -0.15) is 0 Å². The van der Waals surface area contributed by atoms with Crippen LogP contribution in [-0.2, 0) is 0 Å². The van der Waals surface area contributed by atoms with Crippen molar-refractivity contribution in [3.8, 4) is 0 Å². The Morgan fingerprint density at radius 3 is 1.67 bits per heavy atom. The summed E-state index contributed by atoms with van der Waals surface area (Å²) in [5, 5.41) is 0. The Labute approximate surface area is 54.3 Å². The predicted molar refractivity (Wildman–Crippen MR) is 32.5 cm³/mol.